The first-order valence-corrected chi connectivity index (χ1v) is 5.30. The maximum Gasteiger partial charge on any atom is 0.339 e. The Morgan fingerprint density at radius 3 is 2.76 bits per heavy atom. The molecule has 0 bridgehead atoms. The number of nitrogens with zero attached hydrogens (tertiary/aromatic N) is 1. The van der Waals surface area contributed by atoms with Crippen molar-refractivity contribution in [3.05, 3.63) is 40.7 Å². The van der Waals surface area contributed by atoms with E-state index in [2.05, 4.69) is 0 Å². The molecule has 0 heterocycles. The highest BCUT2D eigenvalue weighted by Gasteiger charge is 2.22. The first-order valence-electron chi connectivity index (χ1n) is 5.30. The lowest BCUT2D eigenvalue weighted by Gasteiger charge is -2.09. The smallest absolute Gasteiger partial charge is 0.339 e. The molecular formula is C13H10FNO2. The predicted molar refractivity (Wildman–Crippen MR) is 59.9 cm³/mol. The van der Waals surface area contributed by atoms with Gasteiger partial charge in [-0.3, -0.25) is 0 Å². The number of aromatic carboxylic acids is 1. The summed E-state index contributed by atoms with van der Waals surface area (Å²) in [5, 5.41) is 17.7. The van der Waals surface area contributed by atoms with Crippen LogP contribution in [-0.4, -0.2) is 11.1 Å². The second-order valence-electron chi connectivity index (χ2n) is 3.89. The molecule has 0 saturated carbocycles. The molecule has 0 saturated heterocycles. The maximum absolute atomic E-state index is 13.8. The van der Waals surface area contributed by atoms with E-state index >= 15 is 0 Å². The van der Waals surface area contributed by atoms with Crippen molar-refractivity contribution < 1.29 is 14.3 Å². The molecular weight excluding hydrogens is 221 g/mol. The molecule has 2 rings (SSSR count). The SMILES string of the molecule is N#Cc1ccc(C2=CCCC2)c(C(=O)O)c1F. The van der Waals surface area contributed by atoms with Crippen LogP contribution in [0.25, 0.3) is 5.57 Å². The molecule has 1 aliphatic carbocycles. The number of hydrogen-bond acceptors (Lipinski definition) is 2. The third-order valence-electron chi connectivity index (χ3n) is 2.86. The Balaban J connectivity index is 2.64. The molecule has 0 amide bonds. The van der Waals surface area contributed by atoms with Crippen molar-refractivity contribution >= 4 is 11.5 Å². The normalized spacial score (nSPS) is 14.2. The van der Waals surface area contributed by atoms with Gasteiger partial charge in [0, 0.05) is 0 Å². The summed E-state index contributed by atoms with van der Waals surface area (Å²) in [6.07, 6.45) is 4.52. The van der Waals surface area contributed by atoms with E-state index in [0.717, 1.165) is 24.8 Å². The molecule has 1 N–H and O–H groups in total. The fourth-order valence-electron chi connectivity index (χ4n) is 2.05. The molecule has 0 unspecified atom stereocenters. The van der Waals surface area contributed by atoms with Crippen molar-refractivity contribution in [2.45, 2.75) is 19.3 Å². The predicted octanol–water partition coefficient (Wildman–Crippen LogP) is 2.96. The monoisotopic (exact) mass is 231 g/mol. The summed E-state index contributed by atoms with van der Waals surface area (Å²) in [4.78, 5) is 11.1. The fourth-order valence-corrected chi connectivity index (χ4v) is 2.05. The van der Waals surface area contributed by atoms with Gasteiger partial charge in [-0.2, -0.15) is 5.26 Å². The van der Waals surface area contributed by atoms with Crippen molar-refractivity contribution in [3.8, 4) is 6.07 Å². The van der Waals surface area contributed by atoms with E-state index in [1.165, 1.54) is 12.1 Å². The molecule has 17 heavy (non-hydrogen) atoms. The highest BCUT2D eigenvalue weighted by atomic mass is 19.1. The molecule has 0 aromatic heterocycles. The first kappa shape index (κ1) is 11.3. The summed E-state index contributed by atoms with van der Waals surface area (Å²) in [5.41, 5.74) is 0.624. The van der Waals surface area contributed by atoms with Gasteiger partial charge in [0.15, 0.2) is 5.82 Å². The third kappa shape index (κ3) is 1.92. The molecule has 1 aliphatic rings. The lowest BCUT2D eigenvalue weighted by Crippen LogP contribution is -2.07. The van der Waals surface area contributed by atoms with Gasteiger partial charge in [0.1, 0.15) is 11.6 Å². The Morgan fingerprint density at radius 1 is 1.47 bits per heavy atom. The van der Waals surface area contributed by atoms with Crippen LogP contribution < -0.4 is 0 Å². The molecule has 0 spiro atoms. The maximum atomic E-state index is 13.8. The number of benzene rings is 1. The molecule has 1 aromatic rings. The second-order valence-corrected chi connectivity index (χ2v) is 3.89. The quantitative estimate of drug-likeness (QED) is 0.851. The molecule has 0 atom stereocenters. The number of rotatable bonds is 2. The van der Waals surface area contributed by atoms with E-state index in [1.807, 2.05) is 6.08 Å². The Kier molecular flexibility index (Phi) is 2.92. The van der Waals surface area contributed by atoms with Crippen molar-refractivity contribution in [2.75, 3.05) is 0 Å². The van der Waals surface area contributed by atoms with Crippen molar-refractivity contribution in [2.24, 2.45) is 0 Å². The second kappa shape index (κ2) is 4.38. The van der Waals surface area contributed by atoms with E-state index in [0.29, 0.717) is 5.56 Å². The molecule has 1 aromatic carbocycles. The zero-order valence-electron chi connectivity index (χ0n) is 9.03. The fraction of sp³-hybridized carbons (Fsp3) is 0.231. The Hall–Kier alpha value is -2.15. The van der Waals surface area contributed by atoms with Gasteiger partial charge < -0.3 is 5.11 Å². The van der Waals surface area contributed by atoms with Crippen molar-refractivity contribution in [1.29, 1.82) is 5.26 Å². The summed E-state index contributed by atoms with van der Waals surface area (Å²) < 4.78 is 13.8. The van der Waals surface area contributed by atoms with Gasteiger partial charge in [-0.15, -0.1) is 0 Å². The molecule has 0 radical (unpaired) electrons. The van der Waals surface area contributed by atoms with Gasteiger partial charge in [-0.1, -0.05) is 12.1 Å². The van der Waals surface area contributed by atoms with Gasteiger partial charge in [-0.05, 0) is 36.5 Å². The van der Waals surface area contributed by atoms with Crippen LogP contribution in [0.1, 0.15) is 40.7 Å². The molecule has 0 fully saturated rings. The molecule has 86 valence electrons. The van der Waals surface area contributed by atoms with Gasteiger partial charge in [-0.25, -0.2) is 9.18 Å². The topological polar surface area (TPSA) is 61.1 Å². The number of hydrogen-bond donors (Lipinski definition) is 1. The van der Waals surface area contributed by atoms with Gasteiger partial charge in [0.25, 0.3) is 0 Å². The van der Waals surface area contributed by atoms with Crippen LogP contribution in [-0.2, 0) is 0 Å². The highest BCUT2D eigenvalue weighted by Crippen LogP contribution is 2.31. The number of carboxylic acid groups (broad SMARTS) is 1. The first-order chi connectivity index (χ1) is 8.15. The van der Waals surface area contributed by atoms with Crippen LogP contribution in [0.4, 0.5) is 4.39 Å². The Morgan fingerprint density at radius 2 is 2.24 bits per heavy atom. The van der Waals surface area contributed by atoms with E-state index in [9.17, 15) is 9.18 Å². The number of carbonyl (C=O) groups is 1. The standard InChI is InChI=1S/C13H10FNO2/c14-12-9(7-15)5-6-10(11(12)13(16)17)8-3-1-2-4-8/h3,5-6H,1-2,4H2,(H,16,17). The van der Waals surface area contributed by atoms with E-state index < -0.39 is 17.3 Å². The van der Waals surface area contributed by atoms with Crippen LogP contribution in [0.15, 0.2) is 18.2 Å². The van der Waals surface area contributed by atoms with Crippen LogP contribution >= 0.6 is 0 Å². The average Bonchev–Trinajstić information content (AvgIpc) is 2.81. The van der Waals surface area contributed by atoms with Crippen LogP contribution in [0.5, 0.6) is 0 Å². The summed E-state index contributed by atoms with van der Waals surface area (Å²) in [6.45, 7) is 0. The van der Waals surface area contributed by atoms with Gasteiger partial charge in [0.05, 0.1) is 5.56 Å². The third-order valence-corrected chi connectivity index (χ3v) is 2.86. The van der Waals surface area contributed by atoms with E-state index in [1.54, 1.807) is 6.07 Å². The molecule has 3 nitrogen and oxygen atoms in total. The molecule has 4 heteroatoms. The largest absolute Gasteiger partial charge is 0.478 e. The van der Waals surface area contributed by atoms with Crippen LogP contribution in [0.3, 0.4) is 0 Å². The number of carboxylic acids is 1. The lowest BCUT2D eigenvalue weighted by atomic mass is 9.96. The molecule has 0 aliphatic heterocycles. The Bertz CT molecular complexity index is 555. The summed E-state index contributed by atoms with van der Waals surface area (Å²) >= 11 is 0. The van der Waals surface area contributed by atoms with Crippen LogP contribution in [0, 0.1) is 17.1 Å². The average molecular weight is 231 g/mol. The van der Waals surface area contributed by atoms with E-state index in [-0.39, 0.29) is 5.56 Å². The van der Waals surface area contributed by atoms with Crippen molar-refractivity contribution in [1.82, 2.24) is 0 Å². The van der Waals surface area contributed by atoms with Crippen LogP contribution in [0.2, 0.25) is 0 Å². The Labute approximate surface area is 97.8 Å². The minimum absolute atomic E-state index is 0.232. The van der Waals surface area contributed by atoms with Crippen molar-refractivity contribution in [3.63, 3.8) is 0 Å². The number of nitriles is 1. The number of allylic oxidation sites excluding steroid dienone is 2. The highest BCUT2D eigenvalue weighted by molar-refractivity contribution is 5.95. The van der Waals surface area contributed by atoms with Gasteiger partial charge in [0.2, 0.25) is 0 Å². The number of halogens is 1. The lowest BCUT2D eigenvalue weighted by molar-refractivity contribution is 0.0691. The summed E-state index contributed by atoms with van der Waals surface area (Å²) in [7, 11) is 0. The zero-order valence-corrected chi connectivity index (χ0v) is 9.03. The summed E-state index contributed by atoms with van der Waals surface area (Å²) in [6, 6.07) is 4.50. The minimum atomic E-state index is -1.33. The summed E-state index contributed by atoms with van der Waals surface area (Å²) in [5.74, 6) is -2.27. The zero-order chi connectivity index (χ0) is 12.4. The van der Waals surface area contributed by atoms with Gasteiger partial charge >= 0.3 is 5.97 Å². The van der Waals surface area contributed by atoms with E-state index in [4.69, 9.17) is 10.4 Å². The minimum Gasteiger partial charge on any atom is -0.478 e.